The number of aryl methyl sites for hydroxylation is 3. The number of nitrogens with one attached hydrogen (secondary N) is 1. The van der Waals surface area contributed by atoms with Crippen molar-refractivity contribution < 1.29 is 9.53 Å². The number of benzene rings is 1. The first-order valence-corrected chi connectivity index (χ1v) is 11.0. The first kappa shape index (κ1) is 20.4. The van der Waals surface area contributed by atoms with Gasteiger partial charge in [-0.1, -0.05) is 30.0 Å². The highest BCUT2D eigenvalue weighted by Gasteiger charge is 2.25. The second kappa shape index (κ2) is 9.75. The number of pyridine rings is 1. The third-order valence-corrected chi connectivity index (χ3v) is 6.32. The first-order chi connectivity index (χ1) is 14.7. The third-order valence-electron chi connectivity index (χ3n) is 5.11. The van der Waals surface area contributed by atoms with Crippen LogP contribution in [-0.4, -0.2) is 49.5 Å². The van der Waals surface area contributed by atoms with Crippen molar-refractivity contribution >= 4 is 17.9 Å². The quantitative estimate of drug-likeness (QED) is 0.644. The lowest BCUT2D eigenvalue weighted by molar-refractivity contribution is 0.143. The van der Waals surface area contributed by atoms with Crippen LogP contribution in [0, 0.1) is 6.92 Å². The number of H-pyrrole nitrogens is 1. The number of carbonyl (C=O) groups is 1. The number of hydrogen-bond donors (Lipinski definition) is 1. The monoisotopic (exact) mass is 423 g/mol. The zero-order valence-corrected chi connectivity index (χ0v) is 17.8. The van der Waals surface area contributed by atoms with E-state index in [1.165, 1.54) is 5.56 Å². The van der Waals surface area contributed by atoms with E-state index in [1.54, 1.807) is 23.0 Å². The fraction of sp³-hybridized carbons (Fsp3) is 0.364. The smallest absolute Gasteiger partial charge is 0.410 e. The number of aromatic amines is 1. The van der Waals surface area contributed by atoms with Crippen molar-refractivity contribution in [2.75, 3.05) is 13.1 Å². The van der Waals surface area contributed by atoms with Gasteiger partial charge < -0.3 is 9.64 Å². The molecule has 2 aromatic heterocycles. The van der Waals surface area contributed by atoms with Gasteiger partial charge in [0.05, 0.1) is 0 Å². The summed E-state index contributed by atoms with van der Waals surface area (Å²) in [6, 6.07) is 13.8. The van der Waals surface area contributed by atoms with E-state index >= 15 is 0 Å². The van der Waals surface area contributed by atoms with Crippen molar-refractivity contribution in [1.82, 2.24) is 25.1 Å². The second-order valence-electron chi connectivity index (χ2n) is 7.37. The number of thioether (sulfide) groups is 1. The van der Waals surface area contributed by atoms with E-state index in [-0.39, 0.29) is 6.09 Å². The molecule has 4 rings (SSSR count). The molecule has 0 aliphatic carbocycles. The average molecular weight is 424 g/mol. The topological polar surface area (TPSA) is 84.0 Å². The molecule has 1 fully saturated rings. The van der Waals surface area contributed by atoms with Gasteiger partial charge in [-0.25, -0.2) is 9.78 Å². The molecule has 156 valence electrons. The molecule has 30 heavy (non-hydrogen) atoms. The second-order valence-corrected chi connectivity index (χ2v) is 8.64. The Balaban J connectivity index is 1.23. The molecule has 0 radical (unpaired) electrons. The fourth-order valence-corrected chi connectivity index (χ4v) is 4.42. The molecule has 7 nitrogen and oxygen atoms in total. The lowest BCUT2D eigenvalue weighted by atomic mass is 10.1. The Morgan fingerprint density at radius 1 is 1.17 bits per heavy atom. The van der Waals surface area contributed by atoms with Crippen LogP contribution in [0.4, 0.5) is 4.79 Å². The molecule has 3 aromatic rings. The van der Waals surface area contributed by atoms with Gasteiger partial charge in [0.1, 0.15) is 12.1 Å². The van der Waals surface area contributed by atoms with Crippen LogP contribution >= 0.6 is 11.8 Å². The van der Waals surface area contributed by atoms with Gasteiger partial charge in [-0.2, -0.15) is 0 Å². The summed E-state index contributed by atoms with van der Waals surface area (Å²) >= 11 is 1.66. The minimum Gasteiger partial charge on any atom is -0.410 e. The zero-order valence-electron chi connectivity index (χ0n) is 17.0. The van der Waals surface area contributed by atoms with Crippen molar-refractivity contribution in [2.24, 2.45) is 0 Å². The van der Waals surface area contributed by atoms with Gasteiger partial charge in [0.2, 0.25) is 5.16 Å². The van der Waals surface area contributed by atoms with E-state index in [1.807, 2.05) is 43.3 Å². The van der Waals surface area contributed by atoms with Crippen molar-refractivity contribution in [2.45, 2.75) is 43.0 Å². The average Bonchev–Trinajstić information content (AvgIpc) is 3.27. The molecule has 1 amide bonds. The maximum atomic E-state index is 12.5. The van der Waals surface area contributed by atoms with E-state index in [0.29, 0.717) is 24.1 Å². The van der Waals surface area contributed by atoms with Gasteiger partial charge in [0, 0.05) is 29.7 Å². The maximum Gasteiger partial charge on any atom is 0.415 e. The summed E-state index contributed by atoms with van der Waals surface area (Å²) in [5.74, 6) is 0.578. The normalized spacial score (nSPS) is 14.6. The van der Waals surface area contributed by atoms with Crippen LogP contribution in [0.15, 0.2) is 53.9 Å². The SMILES string of the molecule is Cc1cccc(CCc2ccc(OC(=O)N3CCC(Sc4nc[nH]n4)CC3)cc2)n1. The van der Waals surface area contributed by atoms with Crippen molar-refractivity contribution in [3.63, 3.8) is 0 Å². The molecule has 0 unspecified atom stereocenters. The Kier molecular flexibility index (Phi) is 6.63. The Morgan fingerprint density at radius 2 is 1.97 bits per heavy atom. The van der Waals surface area contributed by atoms with Gasteiger partial charge >= 0.3 is 6.09 Å². The highest BCUT2D eigenvalue weighted by atomic mass is 32.2. The molecule has 1 aliphatic rings. The lowest BCUT2D eigenvalue weighted by Crippen LogP contribution is -2.40. The number of piperidine rings is 1. The van der Waals surface area contributed by atoms with Crippen molar-refractivity contribution in [1.29, 1.82) is 0 Å². The molecule has 1 saturated heterocycles. The summed E-state index contributed by atoms with van der Waals surface area (Å²) in [5.41, 5.74) is 3.33. The summed E-state index contributed by atoms with van der Waals surface area (Å²) in [5, 5.41) is 7.99. The van der Waals surface area contributed by atoms with Gasteiger partial charge in [-0.15, -0.1) is 5.10 Å². The standard InChI is InChI=1S/C22H25N5O2S/c1-16-3-2-4-18(25-16)8-5-17-6-9-19(10-7-17)29-22(28)27-13-11-20(12-14-27)30-21-23-15-24-26-21/h2-4,6-7,9-10,15,20H,5,8,11-14H2,1H3,(H,23,24,26). The number of aromatic nitrogens is 4. The van der Waals surface area contributed by atoms with E-state index in [9.17, 15) is 4.79 Å². The number of nitrogens with zero attached hydrogens (tertiary/aromatic N) is 4. The van der Waals surface area contributed by atoms with E-state index in [0.717, 1.165) is 42.2 Å². The number of ether oxygens (including phenoxy) is 1. The van der Waals surface area contributed by atoms with E-state index < -0.39 is 0 Å². The lowest BCUT2D eigenvalue weighted by Gasteiger charge is -2.30. The van der Waals surface area contributed by atoms with Crippen LogP contribution in [0.2, 0.25) is 0 Å². The van der Waals surface area contributed by atoms with Gasteiger partial charge in [0.25, 0.3) is 0 Å². The van der Waals surface area contributed by atoms with Crippen LogP contribution in [-0.2, 0) is 12.8 Å². The summed E-state index contributed by atoms with van der Waals surface area (Å²) in [7, 11) is 0. The molecule has 0 bridgehead atoms. The van der Waals surface area contributed by atoms with Crippen molar-refractivity contribution in [3.8, 4) is 5.75 Å². The number of hydrogen-bond acceptors (Lipinski definition) is 6. The van der Waals surface area contributed by atoms with Crippen LogP contribution < -0.4 is 4.74 Å². The van der Waals surface area contributed by atoms with Gasteiger partial charge in [-0.3, -0.25) is 10.1 Å². The molecule has 1 N–H and O–H groups in total. The Bertz CT molecular complexity index is 954. The van der Waals surface area contributed by atoms with E-state index in [4.69, 9.17) is 4.74 Å². The van der Waals surface area contributed by atoms with Crippen LogP contribution in [0.3, 0.4) is 0 Å². The minimum absolute atomic E-state index is 0.284. The minimum atomic E-state index is -0.284. The Morgan fingerprint density at radius 3 is 2.67 bits per heavy atom. The molecule has 0 atom stereocenters. The Labute approximate surface area is 180 Å². The predicted octanol–water partition coefficient (Wildman–Crippen LogP) is 4.05. The Hall–Kier alpha value is -2.87. The third kappa shape index (κ3) is 5.60. The van der Waals surface area contributed by atoms with Crippen LogP contribution in [0.25, 0.3) is 0 Å². The number of amides is 1. The molecule has 0 saturated carbocycles. The molecule has 3 heterocycles. The molecule has 1 aromatic carbocycles. The molecular weight excluding hydrogens is 398 g/mol. The molecule has 0 spiro atoms. The highest BCUT2D eigenvalue weighted by molar-refractivity contribution is 7.99. The van der Waals surface area contributed by atoms with Crippen molar-refractivity contribution in [3.05, 3.63) is 65.7 Å². The summed E-state index contributed by atoms with van der Waals surface area (Å²) in [4.78, 5) is 22.9. The summed E-state index contributed by atoms with van der Waals surface area (Å²) < 4.78 is 5.57. The van der Waals surface area contributed by atoms with Crippen LogP contribution in [0.1, 0.15) is 29.8 Å². The number of likely N-dealkylation sites (tertiary alicyclic amines) is 1. The zero-order chi connectivity index (χ0) is 20.8. The molecular formula is C22H25N5O2S. The maximum absolute atomic E-state index is 12.5. The number of rotatable bonds is 6. The highest BCUT2D eigenvalue weighted by Crippen LogP contribution is 2.28. The number of carbonyl (C=O) groups excluding carboxylic acids is 1. The summed E-state index contributed by atoms with van der Waals surface area (Å²) in [6.07, 6.45) is 4.90. The molecule has 8 heteroatoms. The van der Waals surface area contributed by atoms with E-state index in [2.05, 4.69) is 26.2 Å². The first-order valence-electron chi connectivity index (χ1n) is 10.2. The van der Waals surface area contributed by atoms with Gasteiger partial charge in [-0.05, 0) is 62.4 Å². The summed E-state index contributed by atoms with van der Waals surface area (Å²) in [6.45, 7) is 3.37. The van der Waals surface area contributed by atoms with Gasteiger partial charge in [0.15, 0.2) is 0 Å². The predicted molar refractivity (Wildman–Crippen MR) is 116 cm³/mol. The largest absolute Gasteiger partial charge is 0.415 e. The van der Waals surface area contributed by atoms with Crippen LogP contribution in [0.5, 0.6) is 5.75 Å². The molecule has 1 aliphatic heterocycles. The fourth-order valence-electron chi connectivity index (χ4n) is 3.46.